The molecule has 19 heavy (non-hydrogen) atoms. The highest BCUT2D eigenvalue weighted by Crippen LogP contribution is 2.45. The molecule has 0 aliphatic carbocycles. The van der Waals surface area contributed by atoms with Crippen LogP contribution < -0.4 is 0 Å². The molecule has 1 aromatic heterocycles. The Labute approximate surface area is 116 Å². The summed E-state index contributed by atoms with van der Waals surface area (Å²) in [6.45, 7) is 0. The van der Waals surface area contributed by atoms with Crippen LogP contribution in [0.25, 0.3) is 0 Å². The van der Waals surface area contributed by atoms with Crippen molar-refractivity contribution in [3.63, 3.8) is 0 Å². The van der Waals surface area contributed by atoms with Crippen molar-refractivity contribution in [3.8, 4) is 0 Å². The highest BCUT2D eigenvalue weighted by atomic mass is 32.2. The summed E-state index contributed by atoms with van der Waals surface area (Å²) in [6.07, 6.45) is 5.77. The maximum Gasteiger partial charge on any atom is 0.0954 e. The van der Waals surface area contributed by atoms with Crippen molar-refractivity contribution in [1.82, 2.24) is 9.55 Å². The van der Waals surface area contributed by atoms with Crippen molar-refractivity contribution in [2.24, 2.45) is 0 Å². The molecule has 92 valence electrons. The molecule has 3 aromatic rings. The zero-order valence-corrected chi connectivity index (χ0v) is 11.0. The lowest BCUT2D eigenvalue weighted by Crippen LogP contribution is -2.15. The van der Waals surface area contributed by atoms with E-state index in [1.807, 2.05) is 30.5 Å². The molecule has 0 bridgehead atoms. The summed E-state index contributed by atoms with van der Waals surface area (Å²) in [5, 5.41) is 0. The van der Waals surface area contributed by atoms with Gasteiger partial charge in [-0.1, -0.05) is 48.2 Å². The van der Waals surface area contributed by atoms with E-state index < -0.39 is 0 Å². The van der Waals surface area contributed by atoms with Crippen LogP contribution in [-0.2, 0) is 0 Å². The van der Waals surface area contributed by atoms with E-state index in [9.17, 15) is 0 Å². The molecule has 0 spiro atoms. The molecule has 0 unspecified atom stereocenters. The molecule has 2 nitrogen and oxygen atoms in total. The first-order valence-corrected chi connectivity index (χ1v) is 7.08. The lowest BCUT2D eigenvalue weighted by molar-refractivity contribution is 0.649. The zero-order valence-electron chi connectivity index (χ0n) is 10.2. The van der Waals surface area contributed by atoms with Crippen molar-refractivity contribution in [3.05, 3.63) is 78.4 Å². The van der Waals surface area contributed by atoms with E-state index in [-0.39, 0.29) is 6.04 Å². The van der Waals surface area contributed by atoms with E-state index in [1.54, 1.807) is 0 Å². The highest BCUT2D eigenvalue weighted by molar-refractivity contribution is 7.99. The quantitative estimate of drug-likeness (QED) is 0.517. The SMILES string of the molecule is c1ccc2c(c1)Sc1ccccc1C2n1ccnc1. The van der Waals surface area contributed by atoms with E-state index in [0.29, 0.717) is 0 Å². The number of nitrogens with zero attached hydrogens (tertiary/aromatic N) is 2. The Morgan fingerprint density at radius 2 is 1.53 bits per heavy atom. The molecule has 3 heteroatoms. The van der Waals surface area contributed by atoms with Gasteiger partial charge in [-0.15, -0.1) is 0 Å². The second-order valence-corrected chi connectivity index (χ2v) is 5.67. The Balaban J connectivity index is 1.98. The third kappa shape index (κ3) is 1.70. The predicted molar refractivity (Wildman–Crippen MR) is 76.5 cm³/mol. The number of benzene rings is 2. The van der Waals surface area contributed by atoms with Crippen LogP contribution in [0.3, 0.4) is 0 Å². The maximum atomic E-state index is 4.20. The van der Waals surface area contributed by atoms with Gasteiger partial charge in [-0.3, -0.25) is 0 Å². The number of hydrogen-bond donors (Lipinski definition) is 0. The second kappa shape index (κ2) is 4.28. The summed E-state index contributed by atoms with van der Waals surface area (Å²) in [5.74, 6) is 0. The first kappa shape index (κ1) is 10.9. The van der Waals surface area contributed by atoms with E-state index in [0.717, 1.165) is 0 Å². The monoisotopic (exact) mass is 264 g/mol. The van der Waals surface area contributed by atoms with Crippen molar-refractivity contribution < 1.29 is 0 Å². The minimum absolute atomic E-state index is 0.233. The zero-order chi connectivity index (χ0) is 12.7. The van der Waals surface area contributed by atoms with Crippen molar-refractivity contribution in [2.45, 2.75) is 15.8 Å². The molecule has 0 N–H and O–H groups in total. The van der Waals surface area contributed by atoms with Crippen LogP contribution in [0, 0.1) is 0 Å². The van der Waals surface area contributed by atoms with E-state index in [1.165, 1.54) is 20.9 Å². The van der Waals surface area contributed by atoms with Crippen LogP contribution in [0.1, 0.15) is 17.2 Å². The molecule has 0 saturated heterocycles. The molecule has 4 rings (SSSR count). The van der Waals surface area contributed by atoms with E-state index >= 15 is 0 Å². The molecule has 2 aromatic carbocycles. The van der Waals surface area contributed by atoms with Gasteiger partial charge < -0.3 is 4.57 Å². The number of rotatable bonds is 1. The first-order chi connectivity index (χ1) is 9.43. The van der Waals surface area contributed by atoms with Gasteiger partial charge in [0, 0.05) is 22.2 Å². The summed E-state index contributed by atoms with van der Waals surface area (Å²) in [7, 11) is 0. The minimum Gasteiger partial charge on any atom is -0.326 e. The number of hydrogen-bond acceptors (Lipinski definition) is 2. The van der Waals surface area contributed by atoms with Crippen LogP contribution in [0.4, 0.5) is 0 Å². The largest absolute Gasteiger partial charge is 0.326 e. The third-order valence-corrected chi connectivity index (χ3v) is 4.65. The van der Waals surface area contributed by atoms with Gasteiger partial charge in [0.05, 0.1) is 12.4 Å². The summed E-state index contributed by atoms with van der Waals surface area (Å²) < 4.78 is 2.18. The fourth-order valence-electron chi connectivity index (χ4n) is 2.63. The molecule has 0 atom stereocenters. The summed E-state index contributed by atoms with van der Waals surface area (Å²) in [5.41, 5.74) is 2.70. The molecular formula is C16H12N2S. The summed E-state index contributed by atoms with van der Waals surface area (Å²) >= 11 is 1.85. The van der Waals surface area contributed by atoms with Crippen molar-refractivity contribution in [2.75, 3.05) is 0 Å². The van der Waals surface area contributed by atoms with Gasteiger partial charge in [-0.25, -0.2) is 4.98 Å². The van der Waals surface area contributed by atoms with Gasteiger partial charge in [0.1, 0.15) is 0 Å². The highest BCUT2D eigenvalue weighted by Gasteiger charge is 2.26. The Kier molecular flexibility index (Phi) is 2.45. The number of imidazole rings is 1. The molecule has 0 radical (unpaired) electrons. The standard InChI is InChI=1S/C16H12N2S/c1-3-7-14-12(5-1)16(18-10-9-17-11-18)13-6-2-4-8-15(13)19-14/h1-11,16H. The van der Waals surface area contributed by atoms with Crippen molar-refractivity contribution in [1.29, 1.82) is 0 Å². The van der Waals surface area contributed by atoms with E-state index in [2.05, 4.69) is 58.1 Å². The smallest absolute Gasteiger partial charge is 0.0954 e. The topological polar surface area (TPSA) is 17.8 Å². The average Bonchev–Trinajstić information content (AvgIpc) is 2.98. The van der Waals surface area contributed by atoms with Crippen LogP contribution in [0.15, 0.2) is 77.0 Å². The second-order valence-electron chi connectivity index (χ2n) is 4.59. The predicted octanol–water partition coefficient (Wildman–Crippen LogP) is 3.99. The molecule has 0 fully saturated rings. The molecular weight excluding hydrogens is 252 g/mol. The Bertz CT molecular complexity index is 674. The normalized spacial score (nSPS) is 13.9. The minimum atomic E-state index is 0.233. The Morgan fingerprint density at radius 3 is 2.11 bits per heavy atom. The van der Waals surface area contributed by atoms with Gasteiger partial charge in [0.2, 0.25) is 0 Å². The Morgan fingerprint density at radius 1 is 0.895 bits per heavy atom. The summed E-state index contributed by atoms with van der Waals surface area (Å²) in [4.78, 5) is 6.87. The lowest BCUT2D eigenvalue weighted by atomic mass is 9.98. The molecule has 0 amide bonds. The van der Waals surface area contributed by atoms with Gasteiger partial charge in [-0.2, -0.15) is 0 Å². The fraction of sp³-hybridized carbons (Fsp3) is 0.0625. The third-order valence-electron chi connectivity index (χ3n) is 3.47. The fourth-order valence-corrected chi connectivity index (χ4v) is 3.75. The first-order valence-electron chi connectivity index (χ1n) is 6.26. The van der Waals surface area contributed by atoms with Gasteiger partial charge in [0.15, 0.2) is 0 Å². The van der Waals surface area contributed by atoms with E-state index in [4.69, 9.17) is 0 Å². The number of aromatic nitrogens is 2. The average molecular weight is 264 g/mol. The van der Waals surface area contributed by atoms with Gasteiger partial charge in [0.25, 0.3) is 0 Å². The van der Waals surface area contributed by atoms with Gasteiger partial charge in [-0.05, 0) is 23.3 Å². The van der Waals surface area contributed by atoms with Crippen LogP contribution in [-0.4, -0.2) is 9.55 Å². The molecule has 1 aliphatic heterocycles. The lowest BCUT2D eigenvalue weighted by Gasteiger charge is -2.28. The molecule has 0 saturated carbocycles. The molecule has 1 aliphatic rings. The van der Waals surface area contributed by atoms with Crippen molar-refractivity contribution >= 4 is 11.8 Å². The van der Waals surface area contributed by atoms with Crippen LogP contribution in [0.5, 0.6) is 0 Å². The van der Waals surface area contributed by atoms with Gasteiger partial charge >= 0.3 is 0 Å². The summed E-state index contributed by atoms with van der Waals surface area (Å²) in [6, 6.07) is 17.5. The number of fused-ring (bicyclic) bond motifs is 2. The maximum absolute atomic E-state index is 4.20. The van der Waals surface area contributed by atoms with Crippen LogP contribution in [0.2, 0.25) is 0 Å². The Hall–Kier alpha value is -2.00. The molecule has 2 heterocycles. The van der Waals surface area contributed by atoms with Crippen LogP contribution >= 0.6 is 11.8 Å².